The molecule has 74 valence electrons. The molecule has 0 aromatic rings. The third-order valence-corrected chi connectivity index (χ3v) is 2.56. The molecule has 0 fully saturated rings. The second kappa shape index (κ2) is 5.98. The van der Waals surface area contributed by atoms with Gasteiger partial charge in [0.2, 0.25) is 0 Å². The van der Waals surface area contributed by atoms with Crippen LogP contribution >= 0.6 is 0 Å². The minimum absolute atomic E-state index is 0.610. The third-order valence-electron chi connectivity index (χ3n) is 2.56. The summed E-state index contributed by atoms with van der Waals surface area (Å²) in [6.45, 7) is 6.02. The van der Waals surface area contributed by atoms with Crippen molar-refractivity contribution in [3.63, 3.8) is 0 Å². The predicted molar refractivity (Wildman–Crippen MR) is 58.8 cm³/mol. The standard InChI is InChI=1S/C12H21N/c1-3-5-8-12-10-6-9-11(13-12)7-4-2/h4,6,10-13H,2-3,5,7-9H2,1H3/t11-,12-/m0/s1. The molecule has 0 aliphatic carbocycles. The van der Waals surface area contributed by atoms with Crippen LogP contribution in [0, 0.1) is 0 Å². The average molecular weight is 179 g/mol. The van der Waals surface area contributed by atoms with Gasteiger partial charge in [0, 0.05) is 12.1 Å². The van der Waals surface area contributed by atoms with Crippen LogP contribution in [-0.4, -0.2) is 12.1 Å². The van der Waals surface area contributed by atoms with E-state index >= 15 is 0 Å². The molecule has 0 bridgehead atoms. The lowest BCUT2D eigenvalue weighted by molar-refractivity contribution is 0.429. The monoisotopic (exact) mass is 179 g/mol. The highest BCUT2D eigenvalue weighted by Crippen LogP contribution is 2.12. The molecule has 1 heterocycles. The Morgan fingerprint density at radius 1 is 1.62 bits per heavy atom. The van der Waals surface area contributed by atoms with E-state index in [1.165, 1.54) is 19.3 Å². The number of unbranched alkanes of at least 4 members (excludes halogenated alkanes) is 1. The van der Waals surface area contributed by atoms with Gasteiger partial charge in [-0.05, 0) is 19.3 Å². The van der Waals surface area contributed by atoms with Crippen molar-refractivity contribution in [2.24, 2.45) is 0 Å². The number of rotatable bonds is 5. The van der Waals surface area contributed by atoms with Crippen LogP contribution in [0.5, 0.6) is 0 Å². The molecule has 1 nitrogen and oxygen atoms in total. The topological polar surface area (TPSA) is 12.0 Å². The van der Waals surface area contributed by atoms with Gasteiger partial charge in [0.1, 0.15) is 0 Å². The summed E-state index contributed by atoms with van der Waals surface area (Å²) in [6, 6.07) is 1.24. The van der Waals surface area contributed by atoms with Gasteiger partial charge in [0.05, 0.1) is 0 Å². The number of hydrogen-bond acceptors (Lipinski definition) is 1. The Hall–Kier alpha value is -0.560. The zero-order chi connectivity index (χ0) is 9.52. The molecule has 0 aromatic carbocycles. The highest BCUT2D eigenvalue weighted by Gasteiger charge is 2.14. The van der Waals surface area contributed by atoms with Gasteiger partial charge < -0.3 is 5.32 Å². The Morgan fingerprint density at radius 2 is 2.46 bits per heavy atom. The Kier molecular flexibility index (Phi) is 4.84. The molecule has 1 aliphatic rings. The lowest BCUT2D eigenvalue weighted by atomic mass is 10.00. The van der Waals surface area contributed by atoms with Gasteiger partial charge in [-0.1, -0.05) is 38.0 Å². The molecule has 1 N–H and O–H groups in total. The van der Waals surface area contributed by atoms with Crippen LogP contribution in [0.25, 0.3) is 0 Å². The molecule has 13 heavy (non-hydrogen) atoms. The van der Waals surface area contributed by atoms with E-state index in [9.17, 15) is 0 Å². The van der Waals surface area contributed by atoms with Crippen molar-refractivity contribution in [1.82, 2.24) is 5.32 Å². The molecule has 0 spiro atoms. The third kappa shape index (κ3) is 3.77. The molecule has 1 rings (SSSR count). The molecule has 0 unspecified atom stereocenters. The van der Waals surface area contributed by atoms with Crippen LogP contribution in [0.2, 0.25) is 0 Å². The largest absolute Gasteiger partial charge is 0.307 e. The Labute approximate surface area is 81.9 Å². The van der Waals surface area contributed by atoms with Crippen molar-refractivity contribution in [2.45, 2.75) is 51.1 Å². The van der Waals surface area contributed by atoms with Gasteiger partial charge in [0.25, 0.3) is 0 Å². The summed E-state index contributed by atoms with van der Waals surface area (Å²) in [4.78, 5) is 0. The second-order valence-electron chi connectivity index (χ2n) is 3.80. The van der Waals surface area contributed by atoms with Gasteiger partial charge >= 0.3 is 0 Å². The summed E-state index contributed by atoms with van der Waals surface area (Å²) in [5.41, 5.74) is 0. The van der Waals surface area contributed by atoms with E-state index < -0.39 is 0 Å². The van der Waals surface area contributed by atoms with Crippen LogP contribution < -0.4 is 5.32 Å². The molecule has 1 aliphatic heterocycles. The smallest absolute Gasteiger partial charge is 0.0252 e. The second-order valence-corrected chi connectivity index (χ2v) is 3.80. The summed E-state index contributed by atoms with van der Waals surface area (Å²) in [5.74, 6) is 0. The fourth-order valence-electron chi connectivity index (χ4n) is 1.80. The predicted octanol–water partition coefficient (Wildman–Crippen LogP) is 3.04. The first-order chi connectivity index (χ1) is 6.36. The summed E-state index contributed by atoms with van der Waals surface area (Å²) >= 11 is 0. The van der Waals surface area contributed by atoms with E-state index in [1.807, 2.05) is 6.08 Å². The molecule has 2 atom stereocenters. The van der Waals surface area contributed by atoms with Crippen molar-refractivity contribution >= 4 is 0 Å². The lowest BCUT2D eigenvalue weighted by Crippen LogP contribution is -2.39. The van der Waals surface area contributed by atoms with Crippen LogP contribution in [0.3, 0.4) is 0 Å². The average Bonchev–Trinajstić information content (AvgIpc) is 2.16. The van der Waals surface area contributed by atoms with Crippen LogP contribution in [-0.2, 0) is 0 Å². The lowest BCUT2D eigenvalue weighted by Gasteiger charge is -2.26. The van der Waals surface area contributed by atoms with Crippen molar-refractivity contribution in [2.75, 3.05) is 0 Å². The molecule has 0 saturated carbocycles. The van der Waals surface area contributed by atoms with Crippen LogP contribution in [0.4, 0.5) is 0 Å². The van der Waals surface area contributed by atoms with E-state index in [2.05, 4.69) is 31.0 Å². The molecular weight excluding hydrogens is 158 g/mol. The van der Waals surface area contributed by atoms with Gasteiger partial charge in [-0.2, -0.15) is 0 Å². The van der Waals surface area contributed by atoms with Gasteiger partial charge in [-0.25, -0.2) is 0 Å². The van der Waals surface area contributed by atoms with Crippen LogP contribution in [0.1, 0.15) is 39.0 Å². The summed E-state index contributed by atoms with van der Waals surface area (Å²) in [6.07, 6.45) is 12.8. The molecule has 0 amide bonds. The number of nitrogens with one attached hydrogen (secondary N) is 1. The van der Waals surface area contributed by atoms with Crippen LogP contribution in [0.15, 0.2) is 24.8 Å². The summed E-state index contributed by atoms with van der Waals surface area (Å²) in [5, 5.41) is 3.63. The maximum absolute atomic E-state index is 3.78. The van der Waals surface area contributed by atoms with Crippen molar-refractivity contribution in [3.8, 4) is 0 Å². The SMILES string of the molecule is C=CC[C@H]1CC=C[C@H](CCCC)N1. The van der Waals surface area contributed by atoms with E-state index in [0.717, 1.165) is 12.8 Å². The molecule has 0 saturated heterocycles. The quantitative estimate of drug-likeness (QED) is 0.640. The molecule has 0 aromatic heterocycles. The number of hydrogen-bond donors (Lipinski definition) is 1. The zero-order valence-corrected chi connectivity index (χ0v) is 8.63. The highest BCUT2D eigenvalue weighted by atomic mass is 14.9. The van der Waals surface area contributed by atoms with Crippen molar-refractivity contribution in [3.05, 3.63) is 24.8 Å². The minimum atomic E-state index is 0.610. The first-order valence-electron chi connectivity index (χ1n) is 5.40. The van der Waals surface area contributed by atoms with Gasteiger partial charge in [-0.15, -0.1) is 6.58 Å². The van der Waals surface area contributed by atoms with E-state index in [1.54, 1.807) is 0 Å². The van der Waals surface area contributed by atoms with E-state index in [4.69, 9.17) is 0 Å². The van der Waals surface area contributed by atoms with E-state index in [0.29, 0.717) is 12.1 Å². The normalized spacial score (nSPS) is 27.5. The Morgan fingerprint density at radius 3 is 3.15 bits per heavy atom. The maximum Gasteiger partial charge on any atom is 0.0252 e. The maximum atomic E-state index is 3.78. The fraction of sp³-hybridized carbons (Fsp3) is 0.667. The fourth-order valence-corrected chi connectivity index (χ4v) is 1.80. The molecule has 0 radical (unpaired) electrons. The first kappa shape index (κ1) is 10.5. The Balaban J connectivity index is 2.28. The summed E-state index contributed by atoms with van der Waals surface area (Å²) in [7, 11) is 0. The van der Waals surface area contributed by atoms with Gasteiger partial charge in [0.15, 0.2) is 0 Å². The molecule has 1 heteroatoms. The van der Waals surface area contributed by atoms with Crippen molar-refractivity contribution in [1.29, 1.82) is 0 Å². The highest BCUT2D eigenvalue weighted by molar-refractivity contribution is 5.02. The first-order valence-corrected chi connectivity index (χ1v) is 5.40. The summed E-state index contributed by atoms with van der Waals surface area (Å²) < 4.78 is 0. The Bertz CT molecular complexity index is 172. The van der Waals surface area contributed by atoms with Crippen molar-refractivity contribution < 1.29 is 0 Å². The minimum Gasteiger partial charge on any atom is -0.307 e. The van der Waals surface area contributed by atoms with Gasteiger partial charge in [-0.3, -0.25) is 0 Å². The zero-order valence-electron chi connectivity index (χ0n) is 8.63. The molecular formula is C12H21N. The van der Waals surface area contributed by atoms with E-state index in [-0.39, 0.29) is 0 Å².